The van der Waals surface area contributed by atoms with Crippen LogP contribution in [0.5, 0.6) is 0 Å². The average Bonchev–Trinajstić information content (AvgIpc) is 2.79. The molecule has 0 amide bonds. The highest BCUT2D eigenvalue weighted by molar-refractivity contribution is 9.10. The maximum Gasteiger partial charge on any atom is 0.169 e. The molecule has 1 aliphatic heterocycles. The summed E-state index contributed by atoms with van der Waals surface area (Å²) in [5.74, 6) is 0.977. The van der Waals surface area contributed by atoms with Gasteiger partial charge in [-0.2, -0.15) is 0 Å². The van der Waals surface area contributed by atoms with Crippen LogP contribution in [0, 0.1) is 0 Å². The summed E-state index contributed by atoms with van der Waals surface area (Å²) in [6.45, 7) is 3.98. The molecule has 1 unspecified atom stereocenters. The molecule has 2 heterocycles. The normalized spacial score (nSPS) is 18.3. The summed E-state index contributed by atoms with van der Waals surface area (Å²) in [6.07, 6.45) is 0. The number of nitrogens with one attached hydrogen (secondary N) is 1. The van der Waals surface area contributed by atoms with Gasteiger partial charge in [-0.25, -0.2) is 0 Å². The van der Waals surface area contributed by atoms with Crippen LogP contribution < -0.4 is 10.2 Å². The molecule has 0 saturated heterocycles. The van der Waals surface area contributed by atoms with E-state index in [-0.39, 0.29) is 0 Å². The van der Waals surface area contributed by atoms with Gasteiger partial charge in [0.25, 0.3) is 0 Å². The van der Waals surface area contributed by atoms with Crippen molar-refractivity contribution in [3.63, 3.8) is 0 Å². The van der Waals surface area contributed by atoms with E-state index in [2.05, 4.69) is 57.3 Å². The lowest BCUT2D eigenvalue weighted by Crippen LogP contribution is -2.41. The van der Waals surface area contributed by atoms with E-state index in [1.165, 1.54) is 11.4 Å². The van der Waals surface area contributed by atoms with Crippen molar-refractivity contribution in [2.45, 2.75) is 19.5 Å². The Labute approximate surface area is 115 Å². The Morgan fingerprint density at radius 3 is 2.94 bits per heavy atom. The molecule has 3 rings (SSSR count). The molecule has 94 valence electrons. The molecule has 4 heteroatoms. The molecule has 1 atom stereocenters. The van der Waals surface area contributed by atoms with Crippen LogP contribution in [-0.2, 0) is 6.54 Å². The summed E-state index contributed by atoms with van der Waals surface area (Å²) in [5.41, 5.74) is 2.44. The predicted molar refractivity (Wildman–Crippen MR) is 77.0 cm³/mol. The maximum atomic E-state index is 5.60. The quantitative estimate of drug-likeness (QED) is 0.913. The largest absolute Gasteiger partial charge is 0.452 e. The highest BCUT2D eigenvalue weighted by Gasteiger charge is 2.23. The Morgan fingerprint density at radius 2 is 2.17 bits per heavy atom. The van der Waals surface area contributed by atoms with E-state index in [4.69, 9.17) is 4.42 Å². The number of halogens is 1. The fraction of sp³-hybridized carbons (Fsp3) is 0.286. The number of furan rings is 1. The van der Waals surface area contributed by atoms with E-state index in [9.17, 15) is 0 Å². The van der Waals surface area contributed by atoms with Crippen LogP contribution in [0.15, 0.2) is 45.5 Å². The van der Waals surface area contributed by atoms with Gasteiger partial charge in [0, 0.05) is 12.6 Å². The molecule has 18 heavy (non-hydrogen) atoms. The average molecular weight is 307 g/mol. The van der Waals surface area contributed by atoms with Crippen molar-refractivity contribution >= 4 is 27.3 Å². The summed E-state index contributed by atoms with van der Waals surface area (Å²) in [4.78, 5) is 2.37. The van der Waals surface area contributed by atoms with E-state index < -0.39 is 0 Å². The zero-order chi connectivity index (χ0) is 12.5. The number of nitrogens with zero attached hydrogens (tertiary/aromatic N) is 1. The van der Waals surface area contributed by atoms with Gasteiger partial charge < -0.3 is 14.6 Å². The Hall–Kier alpha value is -1.42. The standard InChI is InChI=1S/C14H15BrN2O/c1-10-8-16-12-4-2-3-5-13(12)17(10)9-11-6-7-14(15)18-11/h2-7,10,16H,8-9H2,1H3. The molecule has 3 nitrogen and oxygen atoms in total. The lowest BCUT2D eigenvalue weighted by atomic mass is 10.1. The summed E-state index contributed by atoms with van der Waals surface area (Å²) < 4.78 is 6.39. The van der Waals surface area contributed by atoms with E-state index in [1.807, 2.05) is 12.1 Å². The van der Waals surface area contributed by atoms with E-state index in [0.717, 1.165) is 23.5 Å². The van der Waals surface area contributed by atoms with Crippen LogP contribution in [0.3, 0.4) is 0 Å². The van der Waals surface area contributed by atoms with Crippen LogP contribution >= 0.6 is 15.9 Å². The van der Waals surface area contributed by atoms with E-state index in [0.29, 0.717) is 6.04 Å². The first-order valence-corrected chi connectivity index (χ1v) is 6.87. The summed E-state index contributed by atoms with van der Waals surface area (Å²) in [5, 5.41) is 3.45. The highest BCUT2D eigenvalue weighted by Crippen LogP contribution is 2.32. The SMILES string of the molecule is CC1CNc2ccccc2N1Cc1ccc(Br)o1. The number of benzene rings is 1. The van der Waals surface area contributed by atoms with Crippen molar-refractivity contribution in [3.05, 3.63) is 46.8 Å². The zero-order valence-electron chi connectivity index (χ0n) is 10.2. The molecular formula is C14H15BrN2O. The van der Waals surface area contributed by atoms with Gasteiger partial charge in [-0.1, -0.05) is 12.1 Å². The maximum absolute atomic E-state index is 5.60. The van der Waals surface area contributed by atoms with Gasteiger partial charge in [0.1, 0.15) is 5.76 Å². The second-order valence-corrected chi connectivity index (χ2v) is 5.36. The lowest BCUT2D eigenvalue weighted by molar-refractivity contribution is 0.471. The van der Waals surface area contributed by atoms with Gasteiger partial charge in [0.2, 0.25) is 0 Å². The van der Waals surface area contributed by atoms with Gasteiger partial charge in [0.05, 0.1) is 17.9 Å². The van der Waals surface area contributed by atoms with Crippen molar-refractivity contribution in [3.8, 4) is 0 Å². The minimum Gasteiger partial charge on any atom is -0.452 e. The molecule has 2 aromatic rings. The molecule has 0 radical (unpaired) electrons. The molecule has 0 fully saturated rings. The molecule has 1 aromatic heterocycles. The molecule has 0 spiro atoms. The molecule has 0 saturated carbocycles. The first-order valence-electron chi connectivity index (χ1n) is 6.08. The second-order valence-electron chi connectivity index (χ2n) is 4.58. The lowest BCUT2D eigenvalue weighted by Gasteiger charge is -2.37. The first kappa shape index (κ1) is 11.7. The van der Waals surface area contributed by atoms with Crippen molar-refractivity contribution in [2.75, 3.05) is 16.8 Å². The minimum atomic E-state index is 0.448. The van der Waals surface area contributed by atoms with Crippen LogP contribution in [-0.4, -0.2) is 12.6 Å². The molecule has 1 aromatic carbocycles. The molecule has 0 bridgehead atoms. The van der Waals surface area contributed by atoms with Gasteiger partial charge in [-0.15, -0.1) is 0 Å². The fourth-order valence-electron chi connectivity index (χ4n) is 2.32. The van der Waals surface area contributed by atoms with Crippen molar-refractivity contribution < 1.29 is 4.42 Å². The monoisotopic (exact) mass is 306 g/mol. The van der Waals surface area contributed by atoms with Gasteiger partial charge in [0.15, 0.2) is 4.67 Å². The molecular weight excluding hydrogens is 292 g/mol. The summed E-state index contributed by atoms with van der Waals surface area (Å²) in [7, 11) is 0. The van der Waals surface area contributed by atoms with Crippen LogP contribution in [0.1, 0.15) is 12.7 Å². The third kappa shape index (κ3) is 2.12. The number of fused-ring (bicyclic) bond motifs is 1. The molecule has 0 aliphatic carbocycles. The van der Waals surface area contributed by atoms with Crippen LogP contribution in [0.2, 0.25) is 0 Å². The van der Waals surface area contributed by atoms with E-state index >= 15 is 0 Å². The van der Waals surface area contributed by atoms with Gasteiger partial charge in [-0.05, 0) is 47.1 Å². The number of rotatable bonds is 2. The van der Waals surface area contributed by atoms with E-state index in [1.54, 1.807) is 0 Å². The number of hydrogen-bond acceptors (Lipinski definition) is 3. The van der Waals surface area contributed by atoms with Crippen LogP contribution in [0.25, 0.3) is 0 Å². The van der Waals surface area contributed by atoms with Gasteiger partial charge >= 0.3 is 0 Å². The number of para-hydroxylation sites is 2. The number of hydrogen-bond donors (Lipinski definition) is 1. The number of anilines is 2. The second kappa shape index (κ2) is 4.69. The Bertz CT molecular complexity index is 552. The Balaban J connectivity index is 1.91. The topological polar surface area (TPSA) is 28.4 Å². The fourth-order valence-corrected chi connectivity index (χ4v) is 2.66. The van der Waals surface area contributed by atoms with Crippen LogP contribution in [0.4, 0.5) is 11.4 Å². The Kier molecular flexibility index (Phi) is 3.04. The van der Waals surface area contributed by atoms with Crippen molar-refractivity contribution in [2.24, 2.45) is 0 Å². The zero-order valence-corrected chi connectivity index (χ0v) is 11.8. The molecule has 1 aliphatic rings. The van der Waals surface area contributed by atoms with Crippen molar-refractivity contribution in [1.29, 1.82) is 0 Å². The van der Waals surface area contributed by atoms with Crippen molar-refractivity contribution in [1.82, 2.24) is 0 Å². The van der Waals surface area contributed by atoms with Gasteiger partial charge in [-0.3, -0.25) is 0 Å². The Morgan fingerprint density at radius 1 is 1.33 bits per heavy atom. The first-order chi connectivity index (χ1) is 8.74. The molecule has 1 N–H and O–H groups in total. The summed E-state index contributed by atoms with van der Waals surface area (Å²) >= 11 is 3.35. The predicted octanol–water partition coefficient (Wildman–Crippen LogP) is 3.86. The third-order valence-corrected chi connectivity index (χ3v) is 3.71. The smallest absolute Gasteiger partial charge is 0.169 e. The highest BCUT2D eigenvalue weighted by atomic mass is 79.9. The minimum absolute atomic E-state index is 0.448. The third-order valence-electron chi connectivity index (χ3n) is 3.29. The summed E-state index contributed by atoms with van der Waals surface area (Å²) in [6, 6.07) is 12.8.